The molecule has 0 aliphatic carbocycles. The Labute approximate surface area is 87.0 Å². The largest absolute Gasteiger partial charge is 0.481 e. The van der Waals surface area contributed by atoms with E-state index in [0.29, 0.717) is 10.8 Å². The summed E-state index contributed by atoms with van der Waals surface area (Å²) < 4.78 is 1.22. The molecule has 0 saturated heterocycles. The number of carboxylic acids is 1. The third-order valence-corrected chi connectivity index (χ3v) is 2.52. The van der Waals surface area contributed by atoms with E-state index in [4.69, 9.17) is 5.11 Å². The summed E-state index contributed by atoms with van der Waals surface area (Å²) in [6.07, 6.45) is 1.15. The van der Waals surface area contributed by atoms with Crippen LogP contribution < -0.4 is 5.69 Å². The number of hydrogen-bond donors (Lipinski definition) is 2. The van der Waals surface area contributed by atoms with E-state index in [0.717, 1.165) is 0 Å². The Morgan fingerprint density at radius 3 is 3.07 bits per heavy atom. The van der Waals surface area contributed by atoms with Crippen LogP contribution in [0, 0.1) is 0 Å². The standard InChI is InChI=1S/C7H6N4O3S/c12-5(13)1-4-2-15-7(9-4)11-3-8-10-6(11)14/h2-3H,1H2,(H,10,14)(H,12,13). The maximum absolute atomic E-state index is 11.1. The second-order valence-electron chi connectivity index (χ2n) is 2.72. The Balaban J connectivity index is 2.32. The van der Waals surface area contributed by atoms with Gasteiger partial charge >= 0.3 is 11.7 Å². The third-order valence-electron chi connectivity index (χ3n) is 1.63. The van der Waals surface area contributed by atoms with Gasteiger partial charge in [-0.3, -0.25) is 4.79 Å². The van der Waals surface area contributed by atoms with Gasteiger partial charge in [-0.05, 0) is 0 Å². The van der Waals surface area contributed by atoms with E-state index in [1.165, 1.54) is 22.2 Å². The van der Waals surface area contributed by atoms with Crippen LogP contribution in [0.3, 0.4) is 0 Å². The van der Waals surface area contributed by atoms with E-state index in [1.807, 2.05) is 0 Å². The van der Waals surface area contributed by atoms with Crippen molar-refractivity contribution in [2.24, 2.45) is 0 Å². The quantitative estimate of drug-likeness (QED) is 0.744. The number of carbonyl (C=O) groups is 1. The molecule has 8 heteroatoms. The zero-order valence-electron chi connectivity index (χ0n) is 7.38. The van der Waals surface area contributed by atoms with Crippen LogP contribution in [0.1, 0.15) is 5.69 Å². The SMILES string of the molecule is O=C(O)Cc1csc(-n2cn[nH]c2=O)n1. The van der Waals surface area contributed by atoms with Gasteiger partial charge in [0, 0.05) is 5.38 Å². The van der Waals surface area contributed by atoms with Gasteiger partial charge in [0.2, 0.25) is 0 Å². The van der Waals surface area contributed by atoms with Crippen molar-refractivity contribution in [1.82, 2.24) is 19.7 Å². The van der Waals surface area contributed by atoms with Gasteiger partial charge in [-0.25, -0.2) is 19.4 Å². The lowest BCUT2D eigenvalue weighted by Crippen LogP contribution is -2.14. The number of aliphatic carboxylic acids is 1. The van der Waals surface area contributed by atoms with Crippen molar-refractivity contribution in [3.8, 4) is 5.13 Å². The van der Waals surface area contributed by atoms with Gasteiger partial charge in [0.1, 0.15) is 6.33 Å². The van der Waals surface area contributed by atoms with Crippen molar-refractivity contribution >= 4 is 17.3 Å². The van der Waals surface area contributed by atoms with E-state index in [1.54, 1.807) is 5.38 Å². The van der Waals surface area contributed by atoms with E-state index in [-0.39, 0.29) is 6.42 Å². The molecule has 15 heavy (non-hydrogen) atoms. The molecule has 0 radical (unpaired) electrons. The molecule has 7 nitrogen and oxygen atoms in total. The first-order valence-electron chi connectivity index (χ1n) is 3.95. The predicted octanol–water partition coefficient (Wildman–Crippen LogP) is -0.356. The van der Waals surface area contributed by atoms with Crippen molar-refractivity contribution < 1.29 is 9.90 Å². The summed E-state index contributed by atoms with van der Waals surface area (Å²) in [5, 5.41) is 16.3. The van der Waals surface area contributed by atoms with Crippen molar-refractivity contribution in [1.29, 1.82) is 0 Å². The molecule has 78 valence electrons. The Hall–Kier alpha value is -1.96. The Morgan fingerprint density at radius 1 is 1.67 bits per heavy atom. The Bertz CT molecular complexity index is 540. The number of hydrogen-bond acceptors (Lipinski definition) is 5. The average molecular weight is 226 g/mol. The van der Waals surface area contributed by atoms with Crippen molar-refractivity contribution in [3.63, 3.8) is 0 Å². The molecule has 0 aliphatic rings. The number of H-pyrrole nitrogens is 1. The molecule has 2 aromatic heterocycles. The molecule has 2 N–H and O–H groups in total. The lowest BCUT2D eigenvalue weighted by atomic mass is 10.3. The van der Waals surface area contributed by atoms with E-state index in [9.17, 15) is 9.59 Å². The van der Waals surface area contributed by atoms with Crippen molar-refractivity contribution in [2.75, 3.05) is 0 Å². The minimum absolute atomic E-state index is 0.150. The molecule has 0 amide bonds. The average Bonchev–Trinajstić information content (AvgIpc) is 2.72. The van der Waals surface area contributed by atoms with Gasteiger partial charge in [0.05, 0.1) is 12.1 Å². The minimum Gasteiger partial charge on any atom is -0.481 e. The number of aromatic nitrogens is 4. The maximum atomic E-state index is 11.1. The van der Waals surface area contributed by atoms with E-state index >= 15 is 0 Å². The fourth-order valence-corrected chi connectivity index (χ4v) is 1.82. The number of nitrogens with one attached hydrogen (secondary N) is 1. The summed E-state index contributed by atoms with van der Waals surface area (Å²) in [5.74, 6) is -0.952. The molecule has 0 spiro atoms. The predicted molar refractivity (Wildman–Crippen MR) is 51.2 cm³/mol. The zero-order valence-corrected chi connectivity index (χ0v) is 8.19. The first-order valence-corrected chi connectivity index (χ1v) is 4.83. The molecule has 0 aromatic carbocycles. The fraction of sp³-hybridized carbons (Fsp3) is 0.143. The van der Waals surface area contributed by atoms with Gasteiger partial charge in [0.15, 0.2) is 5.13 Å². The Morgan fingerprint density at radius 2 is 2.47 bits per heavy atom. The number of carboxylic acid groups (broad SMARTS) is 1. The highest BCUT2D eigenvalue weighted by Gasteiger charge is 2.09. The fourth-order valence-electron chi connectivity index (χ4n) is 1.03. The lowest BCUT2D eigenvalue weighted by Gasteiger charge is -1.90. The molecular weight excluding hydrogens is 220 g/mol. The Kier molecular flexibility index (Phi) is 2.34. The highest BCUT2D eigenvalue weighted by atomic mass is 32.1. The highest BCUT2D eigenvalue weighted by Crippen LogP contribution is 2.12. The second kappa shape index (κ2) is 3.65. The number of rotatable bonds is 3. The van der Waals surface area contributed by atoms with Crippen LogP contribution in [0.5, 0.6) is 0 Å². The molecule has 2 heterocycles. The topological polar surface area (TPSA) is 101 Å². The van der Waals surface area contributed by atoms with Crippen LogP contribution >= 0.6 is 11.3 Å². The van der Waals surface area contributed by atoms with Gasteiger partial charge in [-0.1, -0.05) is 0 Å². The molecular formula is C7H6N4O3S. The summed E-state index contributed by atoms with van der Waals surface area (Å²) in [7, 11) is 0. The van der Waals surface area contributed by atoms with Crippen LogP contribution in [-0.2, 0) is 11.2 Å². The van der Waals surface area contributed by atoms with Crippen molar-refractivity contribution in [3.05, 3.63) is 27.9 Å². The van der Waals surface area contributed by atoms with Gasteiger partial charge in [0.25, 0.3) is 0 Å². The summed E-state index contributed by atoms with van der Waals surface area (Å²) in [6.45, 7) is 0. The molecule has 2 aromatic rings. The van der Waals surface area contributed by atoms with Gasteiger partial charge in [-0.15, -0.1) is 11.3 Å². The van der Waals surface area contributed by atoms with E-state index in [2.05, 4.69) is 15.2 Å². The van der Waals surface area contributed by atoms with E-state index < -0.39 is 11.7 Å². The third kappa shape index (κ3) is 1.94. The van der Waals surface area contributed by atoms with Crippen LogP contribution in [0.2, 0.25) is 0 Å². The monoisotopic (exact) mass is 226 g/mol. The van der Waals surface area contributed by atoms with Crippen LogP contribution in [0.4, 0.5) is 0 Å². The first kappa shape index (κ1) is 9.59. The van der Waals surface area contributed by atoms with Crippen LogP contribution in [0.15, 0.2) is 16.5 Å². The van der Waals surface area contributed by atoms with Crippen LogP contribution in [0.25, 0.3) is 5.13 Å². The van der Waals surface area contributed by atoms with Gasteiger partial charge < -0.3 is 5.11 Å². The molecule has 2 rings (SSSR count). The summed E-state index contributed by atoms with van der Waals surface area (Å²) in [5.41, 5.74) is 0.0295. The number of aromatic amines is 1. The molecule has 0 aliphatic heterocycles. The minimum atomic E-state index is -0.952. The van der Waals surface area contributed by atoms with Gasteiger partial charge in [-0.2, -0.15) is 5.10 Å². The van der Waals surface area contributed by atoms with Crippen LogP contribution in [-0.4, -0.2) is 30.8 Å². The number of nitrogens with zero attached hydrogens (tertiary/aromatic N) is 3. The summed E-state index contributed by atoms with van der Waals surface area (Å²) >= 11 is 1.19. The summed E-state index contributed by atoms with van der Waals surface area (Å²) in [4.78, 5) is 25.5. The molecule has 0 bridgehead atoms. The molecule has 0 atom stereocenters. The highest BCUT2D eigenvalue weighted by molar-refractivity contribution is 7.12. The maximum Gasteiger partial charge on any atom is 0.349 e. The zero-order chi connectivity index (χ0) is 10.8. The number of thiazole rings is 1. The molecule has 0 saturated carbocycles. The first-order chi connectivity index (χ1) is 7.16. The normalized spacial score (nSPS) is 10.4. The second-order valence-corrected chi connectivity index (χ2v) is 3.56. The summed E-state index contributed by atoms with van der Waals surface area (Å²) in [6, 6.07) is 0. The smallest absolute Gasteiger partial charge is 0.349 e. The van der Waals surface area contributed by atoms with Crippen molar-refractivity contribution in [2.45, 2.75) is 6.42 Å². The molecule has 0 fully saturated rings. The molecule has 0 unspecified atom stereocenters. The lowest BCUT2D eigenvalue weighted by molar-refractivity contribution is -0.136.